The monoisotopic (exact) mass is 361 g/mol. The van der Waals surface area contributed by atoms with E-state index in [9.17, 15) is 9.59 Å². The fourth-order valence-corrected chi connectivity index (χ4v) is 4.12. The standard InChI is InChI=1S/C17H23N5O2S/c1-3-14-12(2)20-17-22(16(14)24)9-13(10-25-17)15(23)19-5-4-7-21-8-6-18-11-21/h6,8,11,13H,3-5,7,9-10H2,1-2H3,(H,19,23). The molecular weight excluding hydrogens is 338 g/mol. The molecule has 0 radical (unpaired) electrons. The first-order chi connectivity index (χ1) is 12.1. The molecule has 0 saturated carbocycles. The van der Waals surface area contributed by atoms with Crippen molar-refractivity contribution in [1.29, 1.82) is 0 Å². The van der Waals surface area contributed by atoms with E-state index in [0.29, 0.717) is 25.3 Å². The lowest BCUT2D eigenvalue weighted by Crippen LogP contribution is -2.41. The van der Waals surface area contributed by atoms with Crippen LogP contribution >= 0.6 is 11.8 Å². The SMILES string of the molecule is CCc1c(C)nc2n(c1=O)CC(C(=O)NCCCn1ccnc1)CS2. The topological polar surface area (TPSA) is 81.8 Å². The fourth-order valence-electron chi connectivity index (χ4n) is 3.00. The van der Waals surface area contributed by atoms with Gasteiger partial charge < -0.3 is 9.88 Å². The number of hydrogen-bond acceptors (Lipinski definition) is 5. The van der Waals surface area contributed by atoms with Crippen molar-refractivity contribution in [2.45, 2.75) is 44.9 Å². The number of nitrogens with zero attached hydrogens (tertiary/aromatic N) is 4. The van der Waals surface area contributed by atoms with E-state index in [4.69, 9.17) is 0 Å². The summed E-state index contributed by atoms with van der Waals surface area (Å²) >= 11 is 1.49. The Morgan fingerprint density at radius 1 is 1.48 bits per heavy atom. The molecule has 1 N–H and O–H groups in total. The summed E-state index contributed by atoms with van der Waals surface area (Å²) in [5.41, 5.74) is 1.54. The van der Waals surface area contributed by atoms with Gasteiger partial charge in [-0.25, -0.2) is 9.97 Å². The number of hydrogen-bond donors (Lipinski definition) is 1. The normalized spacial score (nSPS) is 16.5. The van der Waals surface area contributed by atoms with Gasteiger partial charge in [0.25, 0.3) is 5.56 Å². The highest BCUT2D eigenvalue weighted by Crippen LogP contribution is 2.25. The zero-order chi connectivity index (χ0) is 17.8. The summed E-state index contributed by atoms with van der Waals surface area (Å²) in [7, 11) is 0. The van der Waals surface area contributed by atoms with E-state index in [1.807, 2.05) is 24.6 Å². The highest BCUT2D eigenvalue weighted by atomic mass is 32.2. The fraction of sp³-hybridized carbons (Fsp3) is 0.529. The summed E-state index contributed by atoms with van der Waals surface area (Å²) in [6, 6.07) is 0. The first-order valence-corrected chi connectivity index (χ1v) is 9.55. The van der Waals surface area contributed by atoms with Gasteiger partial charge >= 0.3 is 0 Å². The van der Waals surface area contributed by atoms with Gasteiger partial charge in [-0.1, -0.05) is 18.7 Å². The summed E-state index contributed by atoms with van der Waals surface area (Å²) in [6.07, 6.45) is 6.92. The average molecular weight is 361 g/mol. The Labute approximate surface area is 150 Å². The Morgan fingerprint density at radius 2 is 2.32 bits per heavy atom. The van der Waals surface area contributed by atoms with Crippen molar-refractivity contribution in [3.63, 3.8) is 0 Å². The van der Waals surface area contributed by atoms with Gasteiger partial charge in [0, 0.05) is 49.0 Å². The van der Waals surface area contributed by atoms with Gasteiger partial charge in [0.05, 0.1) is 12.2 Å². The molecule has 1 aliphatic rings. The first-order valence-electron chi connectivity index (χ1n) is 8.56. The van der Waals surface area contributed by atoms with E-state index in [0.717, 1.165) is 29.4 Å². The minimum atomic E-state index is -0.197. The summed E-state index contributed by atoms with van der Waals surface area (Å²) < 4.78 is 3.65. The molecule has 1 aliphatic heterocycles. The lowest BCUT2D eigenvalue weighted by atomic mass is 10.1. The summed E-state index contributed by atoms with van der Waals surface area (Å²) in [5.74, 6) is 0.469. The van der Waals surface area contributed by atoms with Gasteiger partial charge in [-0.3, -0.25) is 14.2 Å². The number of aryl methyl sites for hydroxylation is 2. The van der Waals surface area contributed by atoms with Crippen LogP contribution in [0.2, 0.25) is 0 Å². The molecule has 1 atom stereocenters. The molecule has 1 amide bonds. The van der Waals surface area contributed by atoms with Crippen molar-refractivity contribution >= 4 is 17.7 Å². The molecule has 0 spiro atoms. The summed E-state index contributed by atoms with van der Waals surface area (Å²) in [4.78, 5) is 33.5. The number of nitrogens with one attached hydrogen (secondary N) is 1. The molecule has 0 saturated heterocycles. The maximum Gasteiger partial charge on any atom is 0.257 e. The van der Waals surface area contributed by atoms with E-state index in [-0.39, 0.29) is 17.4 Å². The second-order valence-corrected chi connectivity index (χ2v) is 7.17. The van der Waals surface area contributed by atoms with E-state index >= 15 is 0 Å². The molecule has 7 nitrogen and oxygen atoms in total. The highest BCUT2D eigenvalue weighted by Gasteiger charge is 2.27. The van der Waals surface area contributed by atoms with E-state index < -0.39 is 0 Å². The van der Waals surface area contributed by atoms with Crippen LogP contribution < -0.4 is 10.9 Å². The molecule has 1 unspecified atom stereocenters. The Kier molecular flexibility index (Phi) is 5.57. The smallest absolute Gasteiger partial charge is 0.257 e. The number of fused-ring (bicyclic) bond motifs is 1. The lowest BCUT2D eigenvalue weighted by Gasteiger charge is -2.25. The van der Waals surface area contributed by atoms with E-state index in [1.54, 1.807) is 17.1 Å². The second-order valence-electron chi connectivity index (χ2n) is 6.18. The third kappa shape index (κ3) is 3.95. The number of amides is 1. The molecule has 134 valence electrons. The molecule has 2 aromatic rings. The average Bonchev–Trinajstić information content (AvgIpc) is 3.12. The van der Waals surface area contributed by atoms with E-state index in [1.165, 1.54) is 11.8 Å². The molecule has 0 aromatic carbocycles. The van der Waals surface area contributed by atoms with Crippen molar-refractivity contribution < 1.29 is 4.79 Å². The number of rotatable bonds is 6. The summed E-state index contributed by atoms with van der Waals surface area (Å²) in [6.45, 7) is 5.69. The van der Waals surface area contributed by atoms with Crippen LogP contribution in [0.15, 0.2) is 28.7 Å². The van der Waals surface area contributed by atoms with Crippen LogP contribution in [0, 0.1) is 12.8 Å². The predicted molar refractivity (Wildman–Crippen MR) is 96.7 cm³/mol. The van der Waals surface area contributed by atoms with Gasteiger partial charge in [0.15, 0.2) is 5.16 Å². The van der Waals surface area contributed by atoms with Crippen molar-refractivity contribution in [2.75, 3.05) is 12.3 Å². The molecule has 0 bridgehead atoms. The summed E-state index contributed by atoms with van der Waals surface area (Å²) in [5, 5.41) is 3.71. The van der Waals surface area contributed by atoms with Crippen LogP contribution in [0.1, 0.15) is 24.6 Å². The van der Waals surface area contributed by atoms with Gasteiger partial charge in [-0.15, -0.1) is 0 Å². The number of carbonyl (C=O) groups excluding carboxylic acids is 1. The van der Waals surface area contributed by atoms with Crippen LogP contribution in [0.5, 0.6) is 0 Å². The molecular formula is C17H23N5O2S. The van der Waals surface area contributed by atoms with E-state index in [2.05, 4.69) is 15.3 Å². The third-order valence-corrected chi connectivity index (χ3v) is 5.57. The maximum absolute atomic E-state index is 12.6. The van der Waals surface area contributed by atoms with Crippen molar-refractivity contribution in [1.82, 2.24) is 24.4 Å². The molecule has 3 rings (SSSR count). The lowest BCUT2D eigenvalue weighted by molar-refractivity contribution is -0.124. The molecule has 25 heavy (non-hydrogen) atoms. The minimum Gasteiger partial charge on any atom is -0.356 e. The van der Waals surface area contributed by atoms with Crippen LogP contribution in [0.25, 0.3) is 0 Å². The van der Waals surface area contributed by atoms with Crippen molar-refractivity contribution in [3.05, 3.63) is 40.3 Å². The molecule has 3 heterocycles. The number of imidazole rings is 1. The molecule has 0 fully saturated rings. The highest BCUT2D eigenvalue weighted by molar-refractivity contribution is 7.99. The zero-order valence-corrected chi connectivity index (χ0v) is 15.4. The van der Waals surface area contributed by atoms with Gasteiger partial charge in [0.2, 0.25) is 5.91 Å². The molecule has 0 aliphatic carbocycles. The van der Waals surface area contributed by atoms with Crippen LogP contribution in [-0.4, -0.2) is 37.3 Å². The van der Waals surface area contributed by atoms with Crippen LogP contribution in [0.4, 0.5) is 0 Å². The van der Waals surface area contributed by atoms with Gasteiger partial charge in [-0.05, 0) is 19.8 Å². The minimum absolute atomic E-state index is 0.00453. The Balaban J connectivity index is 1.58. The largest absolute Gasteiger partial charge is 0.356 e. The third-order valence-electron chi connectivity index (χ3n) is 4.43. The quantitative estimate of drug-likeness (QED) is 0.618. The van der Waals surface area contributed by atoms with Crippen molar-refractivity contribution in [2.24, 2.45) is 5.92 Å². The first kappa shape index (κ1) is 17.7. The van der Waals surface area contributed by atoms with Crippen LogP contribution in [-0.2, 0) is 24.3 Å². The Bertz CT molecular complexity index is 800. The Hall–Kier alpha value is -2.09. The predicted octanol–water partition coefficient (Wildman–Crippen LogP) is 1.24. The molecule has 8 heteroatoms. The molecule has 2 aromatic heterocycles. The zero-order valence-electron chi connectivity index (χ0n) is 14.6. The number of thioether (sulfide) groups is 1. The van der Waals surface area contributed by atoms with Gasteiger partial charge in [-0.2, -0.15) is 0 Å². The maximum atomic E-state index is 12.6. The Morgan fingerprint density at radius 3 is 3.04 bits per heavy atom. The second kappa shape index (κ2) is 7.86. The van der Waals surface area contributed by atoms with Crippen molar-refractivity contribution in [3.8, 4) is 0 Å². The van der Waals surface area contributed by atoms with Gasteiger partial charge in [0.1, 0.15) is 0 Å². The van der Waals surface area contributed by atoms with Crippen LogP contribution in [0.3, 0.4) is 0 Å². The number of aromatic nitrogens is 4. The number of carbonyl (C=O) groups is 1.